The first-order valence-corrected chi connectivity index (χ1v) is 12.6. The van der Waals surface area contributed by atoms with Crippen molar-refractivity contribution < 1.29 is 17.9 Å². The van der Waals surface area contributed by atoms with E-state index in [1.54, 1.807) is 59.5 Å². The van der Waals surface area contributed by atoms with Gasteiger partial charge in [0.15, 0.2) is 6.20 Å². The van der Waals surface area contributed by atoms with E-state index in [9.17, 15) is 18.4 Å². The van der Waals surface area contributed by atoms with Gasteiger partial charge in [0.2, 0.25) is 15.8 Å². The number of sulfonamides is 1. The molecular formula is C24H20ClN5O4S. The van der Waals surface area contributed by atoms with Gasteiger partial charge in [0, 0.05) is 55.7 Å². The summed E-state index contributed by atoms with van der Waals surface area (Å²) in [4.78, 5) is 23.0. The first kappa shape index (κ1) is 23.2. The maximum Gasteiger partial charge on any atom is 0.261 e. The summed E-state index contributed by atoms with van der Waals surface area (Å²) in [5, 5.41) is 14.1. The van der Waals surface area contributed by atoms with E-state index in [1.165, 1.54) is 22.9 Å². The van der Waals surface area contributed by atoms with Crippen LogP contribution >= 0.6 is 11.6 Å². The van der Waals surface area contributed by atoms with Crippen LogP contribution in [0.3, 0.4) is 0 Å². The van der Waals surface area contributed by atoms with Crippen LogP contribution in [0.15, 0.2) is 78.1 Å². The number of aromatic nitrogens is 3. The van der Waals surface area contributed by atoms with Crippen molar-refractivity contribution in [3.8, 4) is 11.5 Å². The standard InChI is InChI=1S/C24H20ClN5O4S/c25-20-6-4-18-14-21(7-5-17(18)13-20)35(33,34)29-11-9-28(10-12-29)24(31)19-15-26-23(27-16-19)22-3-1-2-8-30(22)32/h1-8,13-16H,9-12H2. The molecule has 0 aliphatic carbocycles. The van der Waals surface area contributed by atoms with Crippen molar-refractivity contribution in [2.75, 3.05) is 26.2 Å². The first-order chi connectivity index (χ1) is 16.8. The molecule has 9 nitrogen and oxygen atoms in total. The molecule has 0 radical (unpaired) electrons. The van der Waals surface area contributed by atoms with Gasteiger partial charge in [-0.1, -0.05) is 23.7 Å². The number of hydrogen-bond donors (Lipinski definition) is 0. The van der Waals surface area contributed by atoms with E-state index in [2.05, 4.69) is 9.97 Å². The van der Waals surface area contributed by atoms with Crippen LogP contribution in [0.25, 0.3) is 22.3 Å². The summed E-state index contributed by atoms with van der Waals surface area (Å²) in [6.07, 6.45) is 4.10. The fourth-order valence-electron chi connectivity index (χ4n) is 3.99. The van der Waals surface area contributed by atoms with Crippen LogP contribution in [0.1, 0.15) is 10.4 Å². The molecule has 1 fully saturated rings. The highest BCUT2D eigenvalue weighted by molar-refractivity contribution is 7.89. The third-order valence-electron chi connectivity index (χ3n) is 5.89. The second kappa shape index (κ2) is 9.21. The molecule has 1 aliphatic rings. The van der Waals surface area contributed by atoms with Gasteiger partial charge in [0.25, 0.3) is 11.6 Å². The summed E-state index contributed by atoms with van der Waals surface area (Å²) in [6.45, 7) is 0.822. The molecule has 2 aromatic carbocycles. The largest absolute Gasteiger partial charge is 0.618 e. The Labute approximate surface area is 206 Å². The van der Waals surface area contributed by atoms with Crippen molar-refractivity contribution in [3.63, 3.8) is 0 Å². The highest BCUT2D eigenvalue weighted by Crippen LogP contribution is 2.25. The molecule has 2 aromatic heterocycles. The Morgan fingerprint density at radius 3 is 2.34 bits per heavy atom. The monoisotopic (exact) mass is 509 g/mol. The van der Waals surface area contributed by atoms with Crippen molar-refractivity contribution in [1.82, 2.24) is 19.2 Å². The normalized spacial score (nSPS) is 14.8. The maximum atomic E-state index is 13.2. The molecular weight excluding hydrogens is 490 g/mol. The third kappa shape index (κ3) is 4.55. The zero-order chi connectivity index (χ0) is 24.6. The van der Waals surface area contributed by atoms with Gasteiger partial charge in [-0.05, 0) is 41.1 Å². The van der Waals surface area contributed by atoms with Crippen molar-refractivity contribution in [2.45, 2.75) is 4.90 Å². The predicted molar refractivity (Wildman–Crippen MR) is 130 cm³/mol. The quantitative estimate of drug-likeness (QED) is 0.309. The summed E-state index contributed by atoms with van der Waals surface area (Å²) in [5.74, 6) is -0.0787. The SMILES string of the molecule is O=C(c1cnc(-c2cccc[n+]2[O-])nc1)N1CCN(S(=O)(=O)c2ccc3cc(Cl)ccc3c2)CC1. The number of piperazine rings is 1. The lowest BCUT2D eigenvalue weighted by Crippen LogP contribution is -2.50. The van der Waals surface area contributed by atoms with Gasteiger partial charge in [-0.3, -0.25) is 4.79 Å². The highest BCUT2D eigenvalue weighted by atomic mass is 35.5. The average molecular weight is 510 g/mol. The molecule has 0 saturated carbocycles. The molecule has 11 heteroatoms. The van der Waals surface area contributed by atoms with E-state index in [0.717, 1.165) is 10.8 Å². The van der Waals surface area contributed by atoms with E-state index in [1.807, 2.05) is 0 Å². The number of rotatable bonds is 4. The lowest BCUT2D eigenvalue weighted by Gasteiger charge is -2.34. The number of fused-ring (bicyclic) bond motifs is 1. The summed E-state index contributed by atoms with van der Waals surface area (Å²) < 4.78 is 28.4. The Morgan fingerprint density at radius 1 is 0.943 bits per heavy atom. The van der Waals surface area contributed by atoms with Gasteiger partial charge in [-0.2, -0.15) is 9.04 Å². The molecule has 1 saturated heterocycles. The number of carbonyl (C=O) groups excluding carboxylic acids is 1. The molecule has 0 bridgehead atoms. The zero-order valence-corrected chi connectivity index (χ0v) is 20.0. The Kier molecular flexibility index (Phi) is 6.10. The molecule has 0 atom stereocenters. The van der Waals surface area contributed by atoms with Crippen LogP contribution in [0.4, 0.5) is 0 Å². The molecule has 0 N–H and O–H groups in total. The van der Waals surface area contributed by atoms with Crippen LogP contribution in [0, 0.1) is 5.21 Å². The number of amides is 1. The first-order valence-electron chi connectivity index (χ1n) is 10.8. The summed E-state index contributed by atoms with van der Waals surface area (Å²) >= 11 is 6.02. The fourth-order valence-corrected chi connectivity index (χ4v) is 5.63. The van der Waals surface area contributed by atoms with Crippen LogP contribution in [0.5, 0.6) is 0 Å². The maximum absolute atomic E-state index is 13.2. The molecule has 0 spiro atoms. The summed E-state index contributed by atoms with van der Waals surface area (Å²) in [5.41, 5.74) is 0.550. The number of carbonyl (C=O) groups is 1. The van der Waals surface area contributed by atoms with Gasteiger partial charge < -0.3 is 10.1 Å². The van der Waals surface area contributed by atoms with Crippen molar-refractivity contribution >= 4 is 38.3 Å². The fraction of sp³-hybridized carbons (Fsp3) is 0.167. The molecule has 4 aromatic rings. The zero-order valence-electron chi connectivity index (χ0n) is 18.4. The minimum Gasteiger partial charge on any atom is -0.618 e. The summed E-state index contributed by atoms with van der Waals surface area (Å²) in [6, 6.07) is 15.1. The Morgan fingerprint density at radius 2 is 1.63 bits per heavy atom. The number of pyridine rings is 1. The molecule has 5 rings (SSSR count). The second-order valence-electron chi connectivity index (χ2n) is 8.06. The Balaban J connectivity index is 1.27. The molecule has 0 unspecified atom stereocenters. The van der Waals surface area contributed by atoms with Gasteiger partial charge in [-0.25, -0.2) is 18.4 Å². The van der Waals surface area contributed by atoms with Crippen molar-refractivity contribution in [1.29, 1.82) is 0 Å². The Hall–Kier alpha value is -3.60. The van der Waals surface area contributed by atoms with E-state index >= 15 is 0 Å². The van der Waals surface area contributed by atoms with E-state index in [-0.39, 0.29) is 54.1 Å². The Bertz CT molecular complexity index is 1520. The smallest absolute Gasteiger partial charge is 0.261 e. The molecule has 1 amide bonds. The van der Waals surface area contributed by atoms with Crippen LogP contribution in [0.2, 0.25) is 5.02 Å². The van der Waals surface area contributed by atoms with Crippen molar-refractivity contribution in [3.05, 3.63) is 89.0 Å². The minimum absolute atomic E-state index is 0.172. The van der Waals surface area contributed by atoms with E-state index in [0.29, 0.717) is 9.75 Å². The van der Waals surface area contributed by atoms with Crippen LogP contribution in [-0.2, 0) is 10.0 Å². The molecule has 35 heavy (non-hydrogen) atoms. The van der Waals surface area contributed by atoms with Gasteiger partial charge in [0.1, 0.15) is 0 Å². The van der Waals surface area contributed by atoms with Gasteiger partial charge in [-0.15, -0.1) is 0 Å². The minimum atomic E-state index is -3.71. The number of halogens is 1. The number of nitrogens with zero attached hydrogens (tertiary/aromatic N) is 5. The van der Waals surface area contributed by atoms with Crippen molar-refractivity contribution in [2.24, 2.45) is 0 Å². The van der Waals surface area contributed by atoms with Gasteiger partial charge in [0.05, 0.1) is 10.5 Å². The highest BCUT2D eigenvalue weighted by Gasteiger charge is 2.31. The molecule has 178 valence electrons. The molecule has 3 heterocycles. The number of hydrogen-bond acceptors (Lipinski definition) is 6. The van der Waals surface area contributed by atoms with E-state index in [4.69, 9.17) is 11.6 Å². The van der Waals surface area contributed by atoms with Crippen LogP contribution < -0.4 is 4.73 Å². The lowest BCUT2D eigenvalue weighted by molar-refractivity contribution is -0.594. The lowest BCUT2D eigenvalue weighted by atomic mass is 10.1. The van der Waals surface area contributed by atoms with Gasteiger partial charge >= 0.3 is 0 Å². The van der Waals surface area contributed by atoms with E-state index < -0.39 is 10.0 Å². The predicted octanol–water partition coefficient (Wildman–Crippen LogP) is 2.73. The topological polar surface area (TPSA) is 110 Å². The summed E-state index contributed by atoms with van der Waals surface area (Å²) in [7, 11) is -3.71. The average Bonchev–Trinajstić information content (AvgIpc) is 2.88. The third-order valence-corrected chi connectivity index (χ3v) is 8.02. The van der Waals surface area contributed by atoms with Crippen LogP contribution in [-0.4, -0.2) is 59.7 Å². The second-order valence-corrected chi connectivity index (χ2v) is 10.4. The number of benzene rings is 2. The molecule has 1 aliphatic heterocycles.